The number of esters is 4. The zero-order valence-electron chi connectivity index (χ0n) is 23.0. The summed E-state index contributed by atoms with van der Waals surface area (Å²) in [5.41, 5.74) is -0.921. The molecule has 0 saturated heterocycles. The fourth-order valence-corrected chi connectivity index (χ4v) is 2.97. The Morgan fingerprint density at radius 3 is 1.74 bits per heavy atom. The van der Waals surface area contributed by atoms with E-state index in [1.807, 2.05) is 27.7 Å². The smallest absolute Gasteiger partial charge is 0.339 e. The van der Waals surface area contributed by atoms with Gasteiger partial charge in [-0.05, 0) is 44.2 Å². The van der Waals surface area contributed by atoms with E-state index in [9.17, 15) is 29.4 Å². The first-order valence-corrected chi connectivity index (χ1v) is 12.6. The minimum atomic E-state index is -1.35. The number of rotatable bonds is 15. The monoisotopic (exact) mass is 536 g/mol. The summed E-state index contributed by atoms with van der Waals surface area (Å²) in [5, 5.41) is 20.2. The van der Waals surface area contributed by atoms with Crippen LogP contribution in [0.3, 0.4) is 0 Å². The Kier molecular flexibility index (Phi) is 13.1. The van der Waals surface area contributed by atoms with Crippen LogP contribution >= 0.6 is 0 Å². The molecule has 212 valence electrons. The van der Waals surface area contributed by atoms with E-state index in [1.165, 1.54) is 18.2 Å². The Balaban J connectivity index is 2.57. The van der Waals surface area contributed by atoms with Crippen molar-refractivity contribution in [1.29, 1.82) is 0 Å². The molecule has 2 atom stereocenters. The lowest BCUT2D eigenvalue weighted by Crippen LogP contribution is -2.27. The quantitative estimate of drug-likeness (QED) is 0.194. The van der Waals surface area contributed by atoms with E-state index >= 15 is 0 Å². The number of benzene rings is 1. The van der Waals surface area contributed by atoms with E-state index in [2.05, 4.69) is 0 Å². The van der Waals surface area contributed by atoms with Crippen LogP contribution in [0.15, 0.2) is 36.4 Å². The fourth-order valence-electron chi connectivity index (χ4n) is 2.97. The van der Waals surface area contributed by atoms with Gasteiger partial charge in [0.1, 0.15) is 31.5 Å². The summed E-state index contributed by atoms with van der Waals surface area (Å²) in [6.07, 6.45) is 1.48. The molecule has 1 rings (SSSR count). The lowest BCUT2D eigenvalue weighted by Gasteiger charge is -2.25. The number of aliphatic hydroxyl groups excluding tert-OH is 2. The van der Waals surface area contributed by atoms with Crippen LogP contribution < -0.4 is 0 Å². The van der Waals surface area contributed by atoms with E-state index in [4.69, 9.17) is 18.9 Å². The Morgan fingerprint density at radius 1 is 0.763 bits per heavy atom. The van der Waals surface area contributed by atoms with Crippen LogP contribution in [-0.2, 0) is 28.5 Å². The van der Waals surface area contributed by atoms with Crippen molar-refractivity contribution in [3.05, 3.63) is 47.5 Å². The van der Waals surface area contributed by atoms with Crippen LogP contribution in [0.5, 0.6) is 0 Å². The molecule has 1 aromatic carbocycles. The zero-order valence-corrected chi connectivity index (χ0v) is 23.0. The summed E-state index contributed by atoms with van der Waals surface area (Å²) < 4.78 is 20.2. The highest BCUT2D eigenvalue weighted by Crippen LogP contribution is 2.26. The highest BCUT2D eigenvalue weighted by atomic mass is 16.6. The first kappa shape index (κ1) is 32.8. The largest absolute Gasteiger partial charge is 0.460 e. The number of carbonyl (C=O) groups is 4. The van der Waals surface area contributed by atoms with Crippen LogP contribution in [0, 0.1) is 5.41 Å². The standard InChI is InChI=1S/C28H40O10/c1-7-27(3,4)15-19(29)16-36-25(33)21-11-9-10-12-22(21)26(34)37-18-20(30)17-35-23(31)13-14-24(32)38-28(5,6)8-2/h9-14,19-20,29-30H,7-8,15-18H2,1-6H3/b14-13+. The molecule has 38 heavy (non-hydrogen) atoms. The summed E-state index contributed by atoms with van der Waals surface area (Å²) in [4.78, 5) is 48.6. The van der Waals surface area contributed by atoms with E-state index in [0.717, 1.165) is 18.6 Å². The fraction of sp³-hybridized carbons (Fsp3) is 0.571. The van der Waals surface area contributed by atoms with Crippen LogP contribution in [0.4, 0.5) is 0 Å². The first-order chi connectivity index (χ1) is 17.7. The third kappa shape index (κ3) is 12.3. The minimum Gasteiger partial charge on any atom is -0.460 e. The number of aliphatic hydroxyl groups is 2. The van der Waals surface area contributed by atoms with Gasteiger partial charge in [-0.2, -0.15) is 0 Å². The highest BCUT2D eigenvalue weighted by Gasteiger charge is 2.24. The van der Waals surface area contributed by atoms with E-state index < -0.39 is 54.9 Å². The minimum absolute atomic E-state index is 0.0522. The molecule has 0 saturated carbocycles. The van der Waals surface area contributed by atoms with Gasteiger partial charge in [-0.1, -0.05) is 46.2 Å². The maximum atomic E-state index is 12.5. The number of ether oxygens (including phenoxy) is 4. The second-order valence-electron chi connectivity index (χ2n) is 10.3. The lowest BCUT2D eigenvalue weighted by atomic mass is 9.84. The maximum Gasteiger partial charge on any atom is 0.339 e. The van der Waals surface area contributed by atoms with Gasteiger partial charge in [0.25, 0.3) is 0 Å². The molecule has 10 heteroatoms. The molecule has 10 nitrogen and oxygen atoms in total. The number of hydrogen-bond donors (Lipinski definition) is 2. The van der Waals surface area contributed by atoms with Gasteiger partial charge < -0.3 is 29.2 Å². The van der Waals surface area contributed by atoms with Crippen LogP contribution in [-0.4, -0.2) is 71.7 Å². The molecular weight excluding hydrogens is 496 g/mol. The van der Waals surface area contributed by atoms with Crippen LogP contribution in [0.2, 0.25) is 0 Å². The van der Waals surface area contributed by atoms with Crippen LogP contribution in [0.1, 0.15) is 81.5 Å². The normalized spacial score (nSPS) is 13.5. The van der Waals surface area contributed by atoms with Gasteiger partial charge in [-0.15, -0.1) is 0 Å². The molecule has 0 aromatic heterocycles. The molecule has 0 aliphatic heterocycles. The van der Waals surface area contributed by atoms with Gasteiger partial charge in [0, 0.05) is 12.2 Å². The van der Waals surface area contributed by atoms with Crippen molar-refractivity contribution in [3.8, 4) is 0 Å². The van der Waals surface area contributed by atoms with Crippen molar-refractivity contribution < 1.29 is 48.3 Å². The first-order valence-electron chi connectivity index (χ1n) is 12.6. The Labute approximate surface area is 223 Å². The van der Waals surface area contributed by atoms with E-state index in [1.54, 1.807) is 19.9 Å². The Bertz CT molecular complexity index is 980. The van der Waals surface area contributed by atoms with Crippen molar-refractivity contribution in [2.75, 3.05) is 19.8 Å². The number of carbonyl (C=O) groups excluding carboxylic acids is 4. The van der Waals surface area contributed by atoms with Crippen molar-refractivity contribution >= 4 is 23.9 Å². The third-order valence-electron chi connectivity index (χ3n) is 5.93. The lowest BCUT2D eigenvalue weighted by molar-refractivity contribution is -0.151. The van der Waals surface area contributed by atoms with Crippen LogP contribution in [0.25, 0.3) is 0 Å². The van der Waals surface area contributed by atoms with Gasteiger partial charge in [-0.3, -0.25) is 0 Å². The molecule has 2 unspecified atom stereocenters. The molecule has 0 amide bonds. The van der Waals surface area contributed by atoms with Gasteiger partial charge in [-0.25, -0.2) is 19.2 Å². The maximum absolute atomic E-state index is 12.5. The summed E-state index contributed by atoms with van der Waals surface area (Å²) in [6, 6.07) is 5.83. The zero-order chi connectivity index (χ0) is 28.9. The molecule has 0 heterocycles. The third-order valence-corrected chi connectivity index (χ3v) is 5.93. The second-order valence-corrected chi connectivity index (χ2v) is 10.3. The van der Waals surface area contributed by atoms with Gasteiger partial charge in [0.05, 0.1) is 17.2 Å². The summed E-state index contributed by atoms with van der Waals surface area (Å²) >= 11 is 0. The van der Waals surface area contributed by atoms with Crippen molar-refractivity contribution in [2.24, 2.45) is 5.41 Å². The molecule has 1 aromatic rings. The summed E-state index contributed by atoms with van der Waals surface area (Å²) in [6.45, 7) is 10.1. The molecule has 0 aliphatic rings. The van der Waals surface area contributed by atoms with Gasteiger partial charge in [0.15, 0.2) is 0 Å². The predicted octanol–water partition coefficient (Wildman–Crippen LogP) is 3.38. The van der Waals surface area contributed by atoms with E-state index in [-0.39, 0.29) is 23.1 Å². The predicted molar refractivity (Wildman–Crippen MR) is 138 cm³/mol. The van der Waals surface area contributed by atoms with Crippen molar-refractivity contribution in [2.45, 2.75) is 78.6 Å². The molecule has 0 fully saturated rings. The molecule has 0 spiro atoms. The Hall–Kier alpha value is -3.24. The topological polar surface area (TPSA) is 146 Å². The average molecular weight is 537 g/mol. The molecular formula is C28H40O10. The second kappa shape index (κ2) is 15.2. The highest BCUT2D eigenvalue weighted by molar-refractivity contribution is 6.03. The summed E-state index contributed by atoms with van der Waals surface area (Å²) in [7, 11) is 0. The molecule has 0 radical (unpaired) electrons. The molecule has 2 N–H and O–H groups in total. The van der Waals surface area contributed by atoms with Crippen molar-refractivity contribution in [3.63, 3.8) is 0 Å². The van der Waals surface area contributed by atoms with E-state index in [0.29, 0.717) is 12.8 Å². The van der Waals surface area contributed by atoms with Crippen molar-refractivity contribution in [1.82, 2.24) is 0 Å². The molecule has 0 aliphatic carbocycles. The SMILES string of the molecule is CCC(C)(C)CC(O)COC(=O)c1ccccc1C(=O)OCC(O)COC(=O)/C=C/C(=O)OC(C)(C)CC. The number of hydrogen-bond acceptors (Lipinski definition) is 10. The van der Waals surface area contributed by atoms with Gasteiger partial charge >= 0.3 is 23.9 Å². The molecule has 0 bridgehead atoms. The van der Waals surface area contributed by atoms with Gasteiger partial charge in [0.2, 0.25) is 0 Å². The average Bonchev–Trinajstić information content (AvgIpc) is 2.87. The summed E-state index contributed by atoms with van der Waals surface area (Å²) in [5.74, 6) is -3.29. The Morgan fingerprint density at radius 2 is 1.24 bits per heavy atom.